The lowest BCUT2D eigenvalue weighted by Crippen LogP contribution is -2.21. The van der Waals surface area contributed by atoms with Crippen LogP contribution in [0.15, 0.2) is 58.3 Å². The Hall–Kier alpha value is -2.07. The quantitative estimate of drug-likeness (QED) is 0.530. The van der Waals surface area contributed by atoms with Gasteiger partial charge in [0.05, 0.1) is 15.7 Å². The lowest BCUT2D eigenvalue weighted by molar-refractivity contribution is -0.144. The molecule has 0 heterocycles. The molecule has 0 aliphatic rings. The summed E-state index contributed by atoms with van der Waals surface area (Å²) in [7, 11) is -3.80. The number of nitrogens with two attached hydrogens (primary N) is 1. The van der Waals surface area contributed by atoms with Crippen LogP contribution in [0.2, 0.25) is 5.02 Å². The van der Waals surface area contributed by atoms with Crippen LogP contribution in [0.25, 0.3) is 0 Å². The number of hydrogen-bond acceptors (Lipinski definition) is 6. The van der Waals surface area contributed by atoms with Gasteiger partial charge in [0.2, 0.25) is 10.0 Å². The number of nitrogens with one attached hydrogen (secondary N) is 1. The zero-order chi connectivity index (χ0) is 19.2. The smallest absolute Gasteiger partial charge is 0.316 e. The normalized spacial score (nSPS) is 11.0. The highest BCUT2D eigenvalue weighted by molar-refractivity contribution is 8.00. The molecule has 0 saturated heterocycles. The molecule has 0 radical (unpaired) electrons. The first-order valence-electron chi connectivity index (χ1n) is 7.21. The first kappa shape index (κ1) is 20.2. The third-order valence-corrected chi connectivity index (χ3v) is 5.43. The second-order valence-corrected chi connectivity index (χ2v) is 7.98. The standard InChI is InChI=1S/C16H15ClN2O5S2/c17-13-3-1-2-4-14(13)25-10-16(21)24-9-15(20)19-11-5-7-12(8-6-11)26(18,22)23/h1-8H,9-10H2,(H,19,20)(H2,18,22,23). The summed E-state index contributed by atoms with van der Waals surface area (Å²) in [5.74, 6) is -1.10. The van der Waals surface area contributed by atoms with Crippen LogP contribution in [0.5, 0.6) is 0 Å². The fraction of sp³-hybridized carbons (Fsp3) is 0.125. The van der Waals surface area contributed by atoms with Gasteiger partial charge in [-0.3, -0.25) is 9.59 Å². The third kappa shape index (κ3) is 6.34. The number of primary sulfonamides is 1. The van der Waals surface area contributed by atoms with Gasteiger partial charge >= 0.3 is 5.97 Å². The third-order valence-electron chi connectivity index (χ3n) is 3.01. The predicted octanol–water partition coefficient (Wildman–Crippen LogP) is 2.26. The molecule has 0 saturated carbocycles. The molecule has 0 aliphatic carbocycles. The number of hydrogen-bond donors (Lipinski definition) is 2. The van der Waals surface area contributed by atoms with Gasteiger partial charge in [-0.05, 0) is 36.4 Å². The molecule has 0 atom stereocenters. The van der Waals surface area contributed by atoms with Crippen molar-refractivity contribution in [2.75, 3.05) is 17.7 Å². The first-order valence-corrected chi connectivity index (χ1v) is 10.1. The maximum Gasteiger partial charge on any atom is 0.316 e. The van der Waals surface area contributed by atoms with E-state index < -0.39 is 28.5 Å². The Labute approximate surface area is 159 Å². The van der Waals surface area contributed by atoms with Crippen molar-refractivity contribution < 1.29 is 22.7 Å². The minimum absolute atomic E-state index is 0.0140. The number of sulfonamides is 1. The van der Waals surface area contributed by atoms with E-state index in [1.807, 2.05) is 0 Å². The molecule has 0 aliphatic heterocycles. The first-order chi connectivity index (χ1) is 12.3. The van der Waals surface area contributed by atoms with Gasteiger partial charge in [0.15, 0.2) is 6.61 Å². The number of rotatable bonds is 7. The number of amides is 1. The monoisotopic (exact) mass is 414 g/mol. The molecular weight excluding hydrogens is 400 g/mol. The SMILES string of the molecule is NS(=O)(=O)c1ccc(NC(=O)COC(=O)CSc2ccccc2Cl)cc1. The molecular formula is C16H15ClN2O5S2. The van der Waals surface area contributed by atoms with Crippen LogP contribution >= 0.6 is 23.4 Å². The molecule has 2 rings (SSSR count). The van der Waals surface area contributed by atoms with E-state index in [0.29, 0.717) is 10.7 Å². The van der Waals surface area contributed by atoms with Crippen LogP contribution in [0.4, 0.5) is 5.69 Å². The Balaban J connectivity index is 1.77. The molecule has 10 heteroatoms. The minimum atomic E-state index is -3.80. The molecule has 26 heavy (non-hydrogen) atoms. The molecule has 2 aromatic rings. The van der Waals surface area contributed by atoms with Crippen LogP contribution in [-0.2, 0) is 24.3 Å². The molecule has 0 unspecified atom stereocenters. The maximum absolute atomic E-state index is 11.8. The molecule has 0 aromatic heterocycles. The number of carbonyl (C=O) groups is 2. The molecule has 3 N–H and O–H groups in total. The van der Waals surface area contributed by atoms with Crippen molar-refractivity contribution in [2.45, 2.75) is 9.79 Å². The van der Waals surface area contributed by atoms with E-state index in [0.717, 1.165) is 4.90 Å². The number of carbonyl (C=O) groups excluding carboxylic acids is 2. The van der Waals surface area contributed by atoms with Gasteiger partial charge < -0.3 is 10.1 Å². The summed E-state index contributed by atoms with van der Waals surface area (Å²) < 4.78 is 27.2. The second-order valence-electron chi connectivity index (χ2n) is 5.00. The lowest BCUT2D eigenvalue weighted by atomic mass is 10.3. The summed E-state index contributed by atoms with van der Waals surface area (Å²) in [6, 6.07) is 12.4. The Morgan fingerprint density at radius 1 is 1.12 bits per heavy atom. The van der Waals surface area contributed by atoms with Gasteiger partial charge in [-0.2, -0.15) is 0 Å². The molecule has 138 valence electrons. The molecule has 2 aromatic carbocycles. The number of esters is 1. The Morgan fingerprint density at radius 2 is 1.77 bits per heavy atom. The summed E-state index contributed by atoms with van der Waals surface area (Å²) in [5.41, 5.74) is 0.351. The van der Waals surface area contributed by atoms with E-state index in [1.165, 1.54) is 36.0 Å². The number of anilines is 1. The zero-order valence-corrected chi connectivity index (χ0v) is 15.7. The van der Waals surface area contributed by atoms with E-state index in [9.17, 15) is 18.0 Å². The topological polar surface area (TPSA) is 116 Å². The number of thioether (sulfide) groups is 1. The molecule has 0 fully saturated rings. The van der Waals surface area contributed by atoms with Crippen molar-refractivity contribution >= 4 is 50.9 Å². The van der Waals surface area contributed by atoms with Gasteiger partial charge in [0, 0.05) is 10.6 Å². The van der Waals surface area contributed by atoms with Crippen LogP contribution in [-0.4, -0.2) is 32.7 Å². The lowest BCUT2D eigenvalue weighted by Gasteiger charge is -2.07. The summed E-state index contributed by atoms with van der Waals surface area (Å²) in [5, 5.41) is 8.00. The van der Waals surface area contributed by atoms with Crippen molar-refractivity contribution in [1.29, 1.82) is 0 Å². The Kier molecular flexibility index (Phi) is 7.04. The van der Waals surface area contributed by atoms with Crippen molar-refractivity contribution in [3.8, 4) is 0 Å². The van der Waals surface area contributed by atoms with Gasteiger partial charge in [0.25, 0.3) is 5.91 Å². The zero-order valence-electron chi connectivity index (χ0n) is 13.3. The average Bonchev–Trinajstić information content (AvgIpc) is 2.59. The number of halogens is 1. The Bertz CT molecular complexity index is 901. The van der Waals surface area contributed by atoms with Gasteiger partial charge in [-0.1, -0.05) is 23.7 Å². The van der Waals surface area contributed by atoms with E-state index in [1.54, 1.807) is 24.3 Å². The van der Waals surface area contributed by atoms with Crippen LogP contribution in [0.3, 0.4) is 0 Å². The van der Waals surface area contributed by atoms with E-state index in [4.69, 9.17) is 21.5 Å². The predicted molar refractivity (Wildman–Crippen MR) is 99.6 cm³/mol. The summed E-state index contributed by atoms with van der Waals surface area (Å²) in [4.78, 5) is 24.1. The number of benzene rings is 2. The second kappa shape index (κ2) is 9.04. The van der Waals surface area contributed by atoms with Crippen molar-refractivity contribution in [3.05, 3.63) is 53.6 Å². The highest BCUT2D eigenvalue weighted by Gasteiger charge is 2.11. The van der Waals surface area contributed by atoms with Crippen molar-refractivity contribution in [3.63, 3.8) is 0 Å². The Morgan fingerprint density at radius 3 is 2.38 bits per heavy atom. The van der Waals surface area contributed by atoms with Crippen molar-refractivity contribution in [2.24, 2.45) is 5.14 Å². The fourth-order valence-electron chi connectivity index (χ4n) is 1.81. The van der Waals surface area contributed by atoms with Gasteiger partial charge in [-0.25, -0.2) is 13.6 Å². The molecule has 1 amide bonds. The molecule has 0 bridgehead atoms. The van der Waals surface area contributed by atoms with Crippen molar-refractivity contribution in [1.82, 2.24) is 0 Å². The van der Waals surface area contributed by atoms with E-state index in [-0.39, 0.29) is 10.6 Å². The van der Waals surface area contributed by atoms with Crippen LogP contribution in [0.1, 0.15) is 0 Å². The highest BCUT2D eigenvalue weighted by Crippen LogP contribution is 2.26. The summed E-state index contributed by atoms with van der Waals surface area (Å²) >= 11 is 7.19. The average molecular weight is 415 g/mol. The highest BCUT2D eigenvalue weighted by atomic mass is 35.5. The fourth-order valence-corrected chi connectivity index (χ4v) is 3.36. The van der Waals surface area contributed by atoms with Crippen LogP contribution < -0.4 is 10.5 Å². The van der Waals surface area contributed by atoms with E-state index in [2.05, 4.69) is 5.32 Å². The maximum atomic E-state index is 11.8. The van der Waals surface area contributed by atoms with E-state index >= 15 is 0 Å². The largest absolute Gasteiger partial charge is 0.455 e. The molecule has 7 nitrogen and oxygen atoms in total. The van der Waals surface area contributed by atoms with Gasteiger partial charge in [0.1, 0.15) is 0 Å². The van der Waals surface area contributed by atoms with Gasteiger partial charge in [-0.15, -0.1) is 11.8 Å². The molecule has 0 spiro atoms. The summed E-state index contributed by atoms with van der Waals surface area (Å²) in [6.07, 6.45) is 0. The minimum Gasteiger partial charge on any atom is -0.455 e. The van der Waals surface area contributed by atoms with Crippen LogP contribution in [0, 0.1) is 0 Å². The number of ether oxygens (including phenoxy) is 1. The summed E-state index contributed by atoms with van der Waals surface area (Å²) in [6.45, 7) is -0.459.